The first-order valence-electron chi connectivity index (χ1n) is 8.01. The number of ketones is 1. The van der Waals surface area contributed by atoms with Gasteiger partial charge in [-0.05, 0) is 38.1 Å². The third kappa shape index (κ3) is 2.35. The van der Waals surface area contributed by atoms with E-state index < -0.39 is 0 Å². The van der Waals surface area contributed by atoms with Gasteiger partial charge in [-0.15, -0.1) is 0 Å². The lowest BCUT2D eigenvalue weighted by Gasteiger charge is -2.10. The summed E-state index contributed by atoms with van der Waals surface area (Å²) in [6.07, 6.45) is 0.266. The Bertz CT molecular complexity index is 1130. The summed E-state index contributed by atoms with van der Waals surface area (Å²) in [6.45, 7) is 3.45. The van der Waals surface area contributed by atoms with Gasteiger partial charge in [-0.2, -0.15) is 0 Å². The van der Waals surface area contributed by atoms with Gasteiger partial charge in [-0.1, -0.05) is 0 Å². The molecular formula is C20H18O5. The molecule has 0 aliphatic heterocycles. The third-order valence-corrected chi connectivity index (χ3v) is 4.36. The Morgan fingerprint density at radius 2 is 1.48 bits per heavy atom. The van der Waals surface area contributed by atoms with E-state index in [0.717, 1.165) is 38.5 Å². The summed E-state index contributed by atoms with van der Waals surface area (Å²) in [5, 5.41) is 3.68. The highest BCUT2D eigenvalue weighted by Gasteiger charge is 2.19. The van der Waals surface area contributed by atoms with E-state index in [1.807, 2.05) is 31.2 Å². The molecule has 0 aliphatic rings. The number of Topliss-reactive ketones (excluding diaryl/α,β-unsaturated/α-hetero) is 1. The Morgan fingerprint density at radius 1 is 0.880 bits per heavy atom. The molecule has 0 aliphatic carbocycles. The van der Waals surface area contributed by atoms with Crippen LogP contribution in [-0.2, 0) is 11.2 Å². The number of carbonyl (C=O) groups excluding carboxylic acids is 1. The molecular weight excluding hydrogens is 320 g/mol. The van der Waals surface area contributed by atoms with E-state index >= 15 is 0 Å². The van der Waals surface area contributed by atoms with Gasteiger partial charge in [-0.3, -0.25) is 4.79 Å². The van der Waals surface area contributed by atoms with Crippen molar-refractivity contribution >= 4 is 38.5 Å². The Labute approximate surface area is 144 Å². The van der Waals surface area contributed by atoms with Crippen molar-refractivity contribution in [2.45, 2.75) is 20.3 Å². The lowest BCUT2D eigenvalue weighted by Crippen LogP contribution is -1.93. The molecule has 0 fully saturated rings. The number of carbonyl (C=O) groups is 1. The molecule has 0 unspecified atom stereocenters. The number of benzene rings is 2. The average Bonchev–Trinajstić information content (AvgIpc) is 3.16. The van der Waals surface area contributed by atoms with Crippen LogP contribution in [0, 0.1) is 6.92 Å². The van der Waals surface area contributed by atoms with E-state index in [-0.39, 0.29) is 12.2 Å². The topological polar surface area (TPSA) is 61.8 Å². The normalized spacial score (nSPS) is 11.5. The molecule has 128 valence electrons. The molecule has 0 N–H and O–H groups in total. The number of furan rings is 2. The van der Waals surface area contributed by atoms with Crippen LogP contribution in [0.5, 0.6) is 11.5 Å². The molecule has 0 radical (unpaired) electrons. The molecule has 4 rings (SSSR count). The lowest BCUT2D eigenvalue weighted by atomic mass is 10.0. The Kier molecular flexibility index (Phi) is 3.46. The van der Waals surface area contributed by atoms with Crippen LogP contribution in [0.1, 0.15) is 18.4 Å². The fraction of sp³-hybridized carbons (Fsp3) is 0.250. The van der Waals surface area contributed by atoms with Gasteiger partial charge in [-0.25, -0.2) is 0 Å². The first-order chi connectivity index (χ1) is 12.0. The zero-order chi connectivity index (χ0) is 17.7. The van der Waals surface area contributed by atoms with Crippen LogP contribution in [0.15, 0.2) is 33.1 Å². The number of methoxy groups -OCH3 is 2. The fourth-order valence-corrected chi connectivity index (χ4v) is 3.35. The zero-order valence-electron chi connectivity index (χ0n) is 14.6. The smallest absolute Gasteiger partial charge is 0.161 e. The van der Waals surface area contributed by atoms with E-state index in [1.165, 1.54) is 0 Å². The fourth-order valence-electron chi connectivity index (χ4n) is 3.35. The molecule has 0 amide bonds. The number of hydrogen-bond acceptors (Lipinski definition) is 5. The Morgan fingerprint density at radius 3 is 2.12 bits per heavy atom. The minimum atomic E-state index is 0.0576. The minimum absolute atomic E-state index is 0.0576. The van der Waals surface area contributed by atoms with Gasteiger partial charge in [0.2, 0.25) is 0 Å². The van der Waals surface area contributed by atoms with Gasteiger partial charge in [0, 0.05) is 16.2 Å². The van der Waals surface area contributed by atoms with Crippen molar-refractivity contribution in [3.8, 4) is 11.5 Å². The summed E-state index contributed by atoms with van der Waals surface area (Å²) in [5.74, 6) is 2.76. The summed E-state index contributed by atoms with van der Waals surface area (Å²) < 4.78 is 22.8. The third-order valence-electron chi connectivity index (χ3n) is 4.36. The monoisotopic (exact) mass is 338 g/mol. The van der Waals surface area contributed by atoms with Crippen LogP contribution < -0.4 is 9.47 Å². The molecule has 2 heterocycles. The number of fused-ring (bicyclic) bond motifs is 6. The molecule has 2 aromatic carbocycles. The molecule has 5 nitrogen and oxygen atoms in total. The molecule has 25 heavy (non-hydrogen) atoms. The van der Waals surface area contributed by atoms with Crippen molar-refractivity contribution in [3.63, 3.8) is 0 Å². The van der Waals surface area contributed by atoms with Crippen molar-refractivity contribution in [1.29, 1.82) is 0 Å². The van der Waals surface area contributed by atoms with Crippen molar-refractivity contribution in [2.75, 3.05) is 14.2 Å². The van der Waals surface area contributed by atoms with E-state index in [9.17, 15) is 4.79 Å². The summed E-state index contributed by atoms with van der Waals surface area (Å²) in [6, 6.07) is 7.71. The van der Waals surface area contributed by atoms with Crippen LogP contribution in [0.4, 0.5) is 0 Å². The molecule has 0 saturated heterocycles. The van der Waals surface area contributed by atoms with Crippen LogP contribution in [0.25, 0.3) is 32.7 Å². The molecule has 4 aromatic rings. The predicted molar refractivity (Wildman–Crippen MR) is 95.7 cm³/mol. The van der Waals surface area contributed by atoms with Gasteiger partial charge in [0.25, 0.3) is 0 Å². The average molecular weight is 338 g/mol. The van der Waals surface area contributed by atoms with Gasteiger partial charge in [0.05, 0.1) is 26.0 Å². The first-order valence-corrected chi connectivity index (χ1v) is 8.01. The first kappa shape index (κ1) is 15.6. The van der Waals surface area contributed by atoms with Gasteiger partial charge < -0.3 is 18.3 Å². The van der Waals surface area contributed by atoms with Crippen LogP contribution in [0.3, 0.4) is 0 Å². The maximum atomic E-state index is 11.5. The SMILES string of the molecule is COc1cc2c(cc1OC)c1oc(C)cc1c1oc(CC(C)=O)cc21. The number of aryl methyl sites for hydroxylation is 1. The van der Waals surface area contributed by atoms with Crippen molar-refractivity contribution in [2.24, 2.45) is 0 Å². The second-order valence-corrected chi connectivity index (χ2v) is 6.19. The largest absolute Gasteiger partial charge is 0.493 e. The lowest BCUT2D eigenvalue weighted by molar-refractivity contribution is -0.116. The van der Waals surface area contributed by atoms with Crippen molar-refractivity contribution in [3.05, 3.63) is 35.8 Å². The van der Waals surface area contributed by atoms with Crippen LogP contribution in [-0.4, -0.2) is 20.0 Å². The molecule has 0 saturated carbocycles. The summed E-state index contributed by atoms with van der Waals surface area (Å²) >= 11 is 0. The minimum Gasteiger partial charge on any atom is -0.493 e. The molecule has 5 heteroatoms. The Hall–Kier alpha value is -2.95. The van der Waals surface area contributed by atoms with Crippen LogP contribution in [0.2, 0.25) is 0 Å². The van der Waals surface area contributed by atoms with E-state index in [1.54, 1.807) is 21.1 Å². The molecule has 0 bridgehead atoms. The second kappa shape index (κ2) is 5.55. The predicted octanol–water partition coefficient (Wildman–Crippen LogP) is 4.79. The van der Waals surface area contributed by atoms with E-state index in [2.05, 4.69) is 0 Å². The highest BCUT2D eigenvalue weighted by atomic mass is 16.5. The standard InChI is InChI=1S/C20H18O5/c1-10(21)5-12-7-14-13-8-17(22-3)18(23-4)9-15(13)19-16(20(14)25-12)6-11(2)24-19/h6-9H,5H2,1-4H3. The van der Waals surface area contributed by atoms with Crippen LogP contribution >= 0.6 is 0 Å². The number of hydrogen-bond donors (Lipinski definition) is 0. The Balaban J connectivity index is 2.18. The molecule has 0 atom stereocenters. The van der Waals surface area contributed by atoms with Crippen molar-refractivity contribution < 1.29 is 23.1 Å². The number of rotatable bonds is 4. The summed E-state index contributed by atoms with van der Waals surface area (Å²) in [4.78, 5) is 11.5. The zero-order valence-corrected chi connectivity index (χ0v) is 14.6. The maximum absolute atomic E-state index is 11.5. The van der Waals surface area contributed by atoms with Gasteiger partial charge in [0.1, 0.15) is 28.5 Å². The second-order valence-electron chi connectivity index (χ2n) is 6.19. The maximum Gasteiger partial charge on any atom is 0.161 e. The summed E-state index contributed by atoms with van der Waals surface area (Å²) in [5.41, 5.74) is 1.47. The highest BCUT2D eigenvalue weighted by Crippen LogP contribution is 2.42. The quantitative estimate of drug-likeness (QED) is 0.535. The van der Waals surface area contributed by atoms with Crippen molar-refractivity contribution in [1.82, 2.24) is 0 Å². The number of ether oxygens (including phenoxy) is 2. The van der Waals surface area contributed by atoms with E-state index in [4.69, 9.17) is 18.3 Å². The van der Waals surface area contributed by atoms with Gasteiger partial charge in [0.15, 0.2) is 11.5 Å². The molecule has 0 spiro atoms. The van der Waals surface area contributed by atoms with Gasteiger partial charge >= 0.3 is 0 Å². The molecule has 2 aromatic heterocycles. The highest BCUT2D eigenvalue weighted by molar-refractivity contribution is 6.23. The summed E-state index contributed by atoms with van der Waals surface area (Å²) in [7, 11) is 3.21. The van der Waals surface area contributed by atoms with E-state index in [0.29, 0.717) is 17.3 Å².